The Bertz CT molecular complexity index is 341. The van der Waals surface area contributed by atoms with Crippen molar-refractivity contribution >= 4 is 33.9 Å². The highest BCUT2D eigenvalue weighted by Gasteiger charge is 2.00. The van der Waals surface area contributed by atoms with E-state index < -0.39 is 0 Å². The summed E-state index contributed by atoms with van der Waals surface area (Å²) in [6.07, 6.45) is 3.68. The van der Waals surface area contributed by atoms with Gasteiger partial charge in [0.2, 0.25) is 5.13 Å². The minimum atomic E-state index is 0.799. The first-order valence-electron chi connectivity index (χ1n) is 2.83. The molecule has 2 aromatic rings. The fraction of sp³-hybridized carbons (Fsp3) is 0. The molecule has 0 atom stereocenters. The van der Waals surface area contributed by atoms with Crippen LogP contribution >= 0.6 is 33.9 Å². The van der Waals surface area contributed by atoms with Crippen LogP contribution in [0.25, 0.3) is 5.13 Å². The van der Waals surface area contributed by atoms with Crippen LogP contribution in [0.15, 0.2) is 17.9 Å². The second-order valence-corrected chi connectivity index (χ2v) is 3.88. The largest absolute Gasteiger partial charge is 0.232 e. The summed E-state index contributed by atoms with van der Waals surface area (Å²) < 4.78 is 2.80. The van der Waals surface area contributed by atoms with Crippen LogP contribution in [0.4, 0.5) is 0 Å². The molecule has 2 rings (SSSR count). The molecule has 0 aliphatic rings. The molecule has 0 amide bonds. The van der Waals surface area contributed by atoms with Crippen LogP contribution in [-0.4, -0.2) is 20.0 Å². The van der Waals surface area contributed by atoms with E-state index in [0.29, 0.717) is 0 Å². The molecule has 0 saturated heterocycles. The van der Waals surface area contributed by atoms with Gasteiger partial charge in [0.15, 0.2) is 0 Å². The zero-order valence-corrected chi connectivity index (χ0v) is 8.28. The monoisotopic (exact) mass is 278 g/mol. The molecule has 0 bridgehead atoms. The molecule has 2 heterocycles. The van der Waals surface area contributed by atoms with Gasteiger partial charge in [-0.25, -0.2) is 4.68 Å². The van der Waals surface area contributed by atoms with Crippen LogP contribution in [0.3, 0.4) is 0 Å². The van der Waals surface area contributed by atoms with Gasteiger partial charge < -0.3 is 0 Å². The highest BCUT2D eigenvalue weighted by atomic mass is 127. The van der Waals surface area contributed by atoms with Gasteiger partial charge in [-0.1, -0.05) is 11.3 Å². The Kier molecular flexibility index (Phi) is 1.86. The Hall–Kier alpha value is -0.500. The lowest BCUT2D eigenvalue weighted by atomic mass is 10.8. The molecule has 0 saturated carbocycles. The van der Waals surface area contributed by atoms with Crippen molar-refractivity contribution in [2.75, 3.05) is 0 Å². The molecule has 0 aliphatic heterocycles. The fourth-order valence-corrected chi connectivity index (χ4v) is 1.55. The second-order valence-electron chi connectivity index (χ2n) is 1.82. The number of rotatable bonds is 1. The fourth-order valence-electron chi connectivity index (χ4n) is 0.673. The van der Waals surface area contributed by atoms with Gasteiger partial charge in [-0.15, -0.1) is 10.2 Å². The summed E-state index contributed by atoms with van der Waals surface area (Å²) in [6.45, 7) is 0. The molecule has 0 radical (unpaired) electrons. The average Bonchev–Trinajstić information content (AvgIpc) is 2.55. The zero-order chi connectivity index (χ0) is 7.68. The maximum atomic E-state index is 4.08. The van der Waals surface area contributed by atoms with Crippen LogP contribution in [0, 0.1) is 3.57 Å². The molecule has 0 unspecified atom stereocenters. The molecule has 0 aliphatic carbocycles. The summed E-state index contributed by atoms with van der Waals surface area (Å²) in [6, 6.07) is 0. The van der Waals surface area contributed by atoms with Gasteiger partial charge in [0, 0.05) is 6.20 Å². The predicted molar refractivity (Wildman–Crippen MR) is 49.7 cm³/mol. The molecule has 4 nitrogen and oxygen atoms in total. The zero-order valence-electron chi connectivity index (χ0n) is 5.31. The van der Waals surface area contributed by atoms with E-state index in [9.17, 15) is 0 Å². The van der Waals surface area contributed by atoms with E-state index in [1.165, 1.54) is 11.3 Å². The number of aromatic nitrogens is 4. The Morgan fingerprint density at radius 1 is 1.55 bits per heavy atom. The van der Waals surface area contributed by atoms with Crippen LogP contribution in [-0.2, 0) is 0 Å². The van der Waals surface area contributed by atoms with Gasteiger partial charge in [0.25, 0.3) is 0 Å². The Morgan fingerprint density at radius 2 is 2.45 bits per heavy atom. The van der Waals surface area contributed by atoms with Crippen LogP contribution < -0.4 is 0 Å². The van der Waals surface area contributed by atoms with E-state index >= 15 is 0 Å². The minimum Gasteiger partial charge on any atom is -0.211 e. The summed E-state index contributed by atoms with van der Waals surface area (Å²) >= 11 is 3.66. The number of halogens is 1. The lowest BCUT2D eigenvalue weighted by Gasteiger charge is -1.88. The van der Waals surface area contributed by atoms with Crippen molar-refractivity contribution in [1.82, 2.24) is 20.0 Å². The maximum absolute atomic E-state index is 4.08. The Balaban J connectivity index is 2.45. The molecule has 0 spiro atoms. The van der Waals surface area contributed by atoms with E-state index in [0.717, 1.165) is 8.70 Å². The Labute approximate surface area is 80.4 Å². The van der Waals surface area contributed by atoms with Crippen molar-refractivity contribution < 1.29 is 0 Å². The Morgan fingerprint density at radius 3 is 3.00 bits per heavy atom. The molecule has 11 heavy (non-hydrogen) atoms. The van der Waals surface area contributed by atoms with Gasteiger partial charge in [-0.3, -0.25) is 0 Å². The van der Waals surface area contributed by atoms with E-state index in [1.807, 2.05) is 6.20 Å². The van der Waals surface area contributed by atoms with Crippen molar-refractivity contribution in [2.24, 2.45) is 0 Å². The molecular formula is C5H3IN4S. The summed E-state index contributed by atoms with van der Waals surface area (Å²) in [4.78, 5) is 0. The number of hydrogen-bond donors (Lipinski definition) is 0. The van der Waals surface area contributed by atoms with E-state index in [1.54, 1.807) is 16.4 Å². The first-order valence-corrected chi connectivity index (χ1v) is 4.79. The standard InChI is InChI=1S/C5H3IN4S/c6-4-1-8-10(2-4)5-9-7-3-11-5/h1-3H. The van der Waals surface area contributed by atoms with Crippen LogP contribution in [0.2, 0.25) is 0 Å². The van der Waals surface area contributed by atoms with E-state index in [2.05, 4.69) is 37.9 Å². The lowest BCUT2D eigenvalue weighted by molar-refractivity contribution is 0.846. The first kappa shape index (κ1) is 7.17. The first-order chi connectivity index (χ1) is 5.36. The van der Waals surface area contributed by atoms with Crippen molar-refractivity contribution in [1.29, 1.82) is 0 Å². The van der Waals surface area contributed by atoms with Crippen molar-refractivity contribution in [3.8, 4) is 5.13 Å². The third kappa shape index (κ3) is 1.41. The SMILES string of the molecule is Ic1cnn(-c2nncs2)c1. The van der Waals surface area contributed by atoms with Gasteiger partial charge in [-0.2, -0.15) is 5.10 Å². The van der Waals surface area contributed by atoms with E-state index in [-0.39, 0.29) is 0 Å². The molecule has 6 heteroatoms. The summed E-state index contributed by atoms with van der Waals surface area (Å²) in [7, 11) is 0. The molecule has 56 valence electrons. The predicted octanol–water partition coefficient (Wildman–Crippen LogP) is 1.33. The average molecular weight is 278 g/mol. The highest BCUT2D eigenvalue weighted by molar-refractivity contribution is 14.1. The van der Waals surface area contributed by atoms with Crippen LogP contribution in [0.1, 0.15) is 0 Å². The summed E-state index contributed by atoms with van der Waals surface area (Å²) in [5, 5.41) is 12.5. The van der Waals surface area contributed by atoms with Gasteiger partial charge in [-0.05, 0) is 22.6 Å². The second kappa shape index (κ2) is 2.86. The third-order valence-corrected chi connectivity index (χ3v) is 2.33. The van der Waals surface area contributed by atoms with Crippen molar-refractivity contribution in [3.63, 3.8) is 0 Å². The summed E-state index contributed by atoms with van der Waals surface area (Å²) in [5.41, 5.74) is 1.68. The molecule has 0 N–H and O–H groups in total. The smallest absolute Gasteiger partial charge is 0.211 e. The molecule has 0 aromatic carbocycles. The van der Waals surface area contributed by atoms with Crippen LogP contribution in [0.5, 0.6) is 0 Å². The third-order valence-electron chi connectivity index (χ3n) is 1.10. The van der Waals surface area contributed by atoms with Crippen molar-refractivity contribution in [3.05, 3.63) is 21.5 Å². The van der Waals surface area contributed by atoms with Gasteiger partial charge >= 0.3 is 0 Å². The number of nitrogens with zero attached hydrogens (tertiary/aromatic N) is 4. The molecule has 2 aromatic heterocycles. The molecule has 0 fully saturated rings. The van der Waals surface area contributed by atoms with Gasteiger partial charge in [0.05, 0.1) is 9.77 Å². The molecular weight excluding hydrogens is 275 g/mol. The number of hydrogen-bond acceptors (Lipinski definition) is 4. The normalized spacial score (nSPS) is 10.3. The highest BCUT2D eigenvalue weighted by Crippen LogP contribution is 2.09. The topological polar surface area (TPSA) is 43.6 Å². The summed E-state index contributed by atoms with van der Waals surface area (Å²) in [5.74, 6) is 0. The van der Waals surface area contributed by atoms with Gasteiger partial charge in [0.1, 0.15) is 5.51 Å². The minimum absolute atomic E-state index is 0.799. The van der Waals surface area contributed by atoms with E-state index in [4.69, 9.17) is 0 Å². The lowest BCUT2D eigenvalue weighted by Crippen LogP contribution is -1.92. The quantitative estimate of drug-likeness (QED) is 0.739. The van der Waals surface area contributed by atoms with Crippen molar-refractivity contribution in [2.45, 2.75) is 0 Å². The maximum Gasteiger partial charge on any atom is 0.232 e.